The average molecular weight is 546 g/mol. The molecule has 0 spiro atoms. The van der Waals surface area contributed by atoms with Crippen molar-refractivity contribution >= 4 is 33.6 Å². The number of hydrogen-bond donors (Lipinski definition) is 1. The standard InChI is InChI=1S/C26H21N6O6S/c1-37-24(33)21-20(16-7-4-3-5-8-16)19(15-27)23(28)32(22(21)25(34)38-2)17-9-11-18(12-10-17)39(35,36)31-26-29-13-6-14-30-26/h3-14,20H,28H2,1-2H3/q-1. The summed E-state index contributed by atoms with van der Waals surface area (Å²) in [6.45, 7) is 0. The van der Waals surface area contributed by atoms with Crippen molar-refractivity contribution in [3.05, 3.63) is 106 Å². The lowest BCUT2D eigenvalue weighted by molar-refractivity contribution is -0.139. The minimum atomic E-state index is -4.19. The number of nitriles is 1. The number of hydrogen-bond acceptors (Lipinski definition) is 11. The molecule has 2 aromatic carbocycles. The van der Waals surface area contributed by atoms with Crippen molar-refractivity contribution in [2.45, 2.75) is 10.8 Å². The summed E-state index contributed by atoms with van der Waals surface area (Å²) in [5.74, 6) is -3.23. The zero-order valence-corrected chi connectivity index (χ0v) is 21.5. The normalized spacial score (nSPS) is 15.4. The molecule has 1 aromatic heterocycles. The highest BCUT2D eigenvalue weighted by atomic mass is 32.2. The van der Waals surface area contributed by atoms with Crippen LogP contribution in [0.15, 0.2) is 101 Å². The van der Waals surface area contributed by atoms with Crippen LogP contribution in [0.3, 0.4) is 0 Å². The van der Waals surface area contributed by atoms with Crippen molar-refractivity contribution in [2.24, 2.45) is 5.73 Å². The van der Waals surface area contributed by atoms with Crippen LogP contribution < -0.4 is 10.6 Å². The van der Waals surface area contributed by atoms with E-state index in [-0.39, 0.29) is 39.2 Å². The molecule has 0 aliphatic carbocycles. The molecule has 0 radical (unpaired) electrons. The maximum Gasteiger partial charge on any atom is 0.355 e. The lowest BCUT2D eigenvalue weighted by atomic mass is 9.81. The van der Waals surface area contributed by atoms with E-state index in [1.54, 1.807) is 30.3 Å². The topological polar surface area (TPSA) is 180 Å². The van der Waals surface area contributed by atoms with Crippen LogP contribution in [0.4, 0.5) is 11.6 Å². The van der Waals surface area contributed by atoms with Gasteiger partial charge in [0.2, 0.25) is 10.0 Å². The van der Waals surface area contributed by atoms with Crippen LogP contribution in [0, 0.1) is 11.3 Å². The highest BCUT2D eigenvalue weighted by Gasteiger charge is 2.43. The third-order valence-corrected chi connectivity index (χ3v) is 7.03. The Bertz CT molecular complexity index is 1610. The molecule has 2 heterocycles. The van der Waals surface area contributed by atoms with Crippen molar-refractivity contribution in [3.8, 4) is 6.07 Å². The molecular weight excluding hydrogens is 524 g/mol. The number of aromatic nitrogens is 2. The number of allylic oxidation sites excluding steroid dienone is 1. The van der Waals surface area contributed by atoms with E-state index in [1.807, 2.05) is 6.07 Å². The van der Waals surface area contributed by atoms with Gasteiger partial charge in [0.15, 0.2) is 0 Å². The highest BCUT2D eigenvalue weighted by Crippen LogP contribution is 2.43. The van der Waals surface area contributed by atoms with Gasteiger partial charge in [0.1, 0.15) is 11.5 Å². The molecule has 0 fully saturated rings. The molecule has 4 rings (SSSR count). The fourth-order valence-corrected chi connectivity index (χ4v) is 4.94. The Kier molecular flexibility index (Phi) is 7.59. The van der Waals surface area contributed by atoms with Crippen molar-refractivity contribution in [1.82, 2.24) is 9.97 Å². The molecule has 1 aliphatic rings. The number of carbonyl (C=O) groups excluding carboxylic acids is 2. The minimum Gasteiger partial charge on any atom is -0.466 e. The van der Waals surface area contributed by atoms with Gasteiger partial charge in [-0.2, -0.15) is 5.26 Å². The van der Waals surface area contributed by atoms with Gasteiger partial charge in [-0.3, -0.25) is 9.62 Å². The van der Waals surface area contributed by atoms with Gasteiger partial charge in [-0.15, -0.1) is 0 Å². The van der Waals surface area contributed by atoms with Crippen molar-refractivity contribution in [2.75, 3.05) is 19.1 Å². The van der Waals surface area contributed by atoms with E-state index in [2.05, 4.69) is 14.7 Å². The Labute approximate surface area is 224 Å². The van der Waals surface area contributed by atoms with Crippen LogP contribution in [0.1, 0.15) is 11.5 Å². The highest BCUT2D eigenvalue weighted by molar-refractivity contribution is 7.94. The molecule has 13 heteroatoms. The summed E-state index contributed by atoms with van der Waals surface area (Å²) in [7, 11) is -1.92. The van der Waals surface area contributed by atoms with Crippen LogP contribution in [-0.4, -0.2) is 44.5 Å². The van der Waals surface area contributed by atoms with Crippen LogP contribution in [0.5, 0.6) is 0 Å². The number of benzene rings is 2. The van der Waals surface area contributed by atoms with Gasteiger partial charge in [-0.25, -0.2) is 18.0 Å². The van der Waals surface area contributed by atoms with E-state index < -0.39 is 27.9 Å². The van der Waals surface area contributed by atoms with E-state index in [1.165, 1.54) is 42.7 Å². The Morgan fingerprint density at radius 1 is 0.974 bits per heavy atom. The number of ether oxygens (including phenoxy) is 2. The zero-order chi connectivity index (χ0) is 28.2. The number of methoxy groups -OCH3 is 2. The van der Waals surface area contributed by atoms with Crippen LogP contribution in [-0.2, 0) is 29.1 Å². The third kappa shape index (κ3) is 5.13. The quantitative estimate of drug-likeness (QED) is 0.431. The second-order valence-corrected chi connectivity index (χ2v) is 9.55. The lowest BCUT2D eigenvalue weighted by Gasteiger charge is -2.35. The van der Waals surface area contributed by atoms with Crippen LogP contribution >= 0.6 is 0 Å². The predicted octanol–water partition coefficient (Wildman–Crippen LogP) is 2.77. The number of rotatable bonds is 7. The summed E-state index contributed by atoms with van der Waals surface area (Å²) in [6.07, 6.45) is 2.70. The summed E-state index contributed by atoms with van der Waals surface area (Å²) in [4.78, 5) is 34.8. The predicted molar refractivity (Wildman–Crippen MR) is 138 cm³/mol. The molecule has 1 atom stereocenters. The zero-order valence-electron chi connectivity index (χ0n) is 20.7. The summed E-state index contributed by atoms with van der Waals surface area (Å²) in [5.41, 5.74) is 6.65. The summed E-state index contributed by atoms with van der Waals surface area (Å²) in [6, 6.07) is 17.3. The summed E-state index contributed by atoms with van der Waals surface area (Å²) in [5, 5.41) is 10.1. The molecule has 0 saturated carbocycles. The van der Waals surface area contributed by atoms with Crippen LogP contribution in [0.2, 0.25) is 0 Å². The fourth-order valence-electron chi connectivity index (χ4n) is 4.05. The fraction of sp³-hybridized carbons (Fsp3) is 0.115. The van der Waals surface area contributed by atoms with E-state index in [0.717, 1.165) is 19.1 Å². The molecule has 1 aliphatic heterocycles. The molecule has 198 valence electrons. The maximum atomic E-state index is 13.1. The summed E-state index contributed by atoms with van der Waals surface area (Å²) >= 11 is 0. The molecule has 0 saturated heterocycles. The monoisotopic (exact) mass is 545 g/mol. The Morgan fingerprint density at radius 3 is 2.15 bits per heavy atom. The van der Waals surface area contributed by atoms with Gasteiger partial charge >= 0.3 is 11.9 Å². The summed E-state index contributed by atoms with van der Waals surface area (Å²) < 4.78 is 39.1. The molecular formula is C26H21N6O6S-. The molecule has 12 nitrogen and oxygen atoms in total. The molecule has 39 heavy (non-hydrogen) atoms. The van der Waals surface area contributed by atoms with E-state index in [0.29, 0.717) is 5.56 Å². The van der Waals surface area contributed by atoms with E-state index >= 15 is 0 Å². The number of nitrogens with zero attached hydrogens (tertiary/aromatic N) is 5. The van der Waals surface area contributed by atoms with Gasteiger partial charge < -0.3 is 25.2 Å². The third-order valence-electron chi connectivity index (χ3n) is 5.76. The van der Waals surface area contributed by atoms with E-state index in [4.69, 9.17) is 15.2 Å². The number of esters is 2. The Hall–Kier alpha value is -5.22. The number of nitrogens with two attached hydrogens (primary N) is 1. The van der Waals surface area contributed by atoms with Gasteiger partial charge in [-0.05, 0) is 42.2 Å². The minimum absolute atomic E-state index is 0.0258. The first-order chi connectivity index (χ1) is 18.7. The molecule has 3 aromatic rings. The van der Waals surface area contributed by atoms with Gasteiger partial charge in [0.25, 0.3) is 0 Å². The smallest absolute Gasteiger partial charge is 0.355 e. The number of carbonyl (C=O) groups is 2. The van der Waals surface area contributed by atoms with Gasteiger partial charge in [-0.1, -0.05) is 36.4 Å². The molecule has 1 unspecified atom stereocenters. The largest absolute Gasteiger partial charge is 0.466 e. The first-order valence-electron chi connectivity index (χ1n) is 11.2. The van der Waals surface area contributed by atoms with Crippen molar-refractivity contribution < 1.29 is 27.5 Å². The van der Waals surface area contributed by atoms with Crippen molar-refractivity contribution in [1.29, 1.82) is 5.26 Å². The molecule has 0 bridgehead atoms. The molecule has 0 amide bonds. The number of anilines is 1. The van der Waals surface area contributed by atoms with Crippen LogP contribution in [0.25, 0.3) is 4.72 Å². The first-order valence-corrected chi connectivity index (χ1v) is 12.7. The second-order valence-electron chi connectivity index (χ2n) is 7.94. The Balaban J connectivity index is 1.87. The number of sulfonamides is 1. The van der Waals surface area contributed by atoms with Crippen molar-refractivity contribution in [3.63, 3.8) is 0 Å². The maximum absolute atomic E-state index is 13.1. The van der Waals surface area contributed by atoms with Gasteiger partial charge in [0, 0.05) is 11.6 Å². The second kappa shape index (κ2) is 11.0. The first kappa shape index (κ1) is 26.8. The van der Waals surface area contributed by atoms with E-state index in [9.17, 15) is 23.3 Å². The SMILES string of the molecule is COC(=O)C1=C(C(=O)OC)N(c2ccc(S(=O)(=O)[N-]c3ncccn3)cc2)C(N)=C(C#N)C1c1ccccc1. The Morgan fingerprint density at radius 2 is 1.59 bits per heavy atom. The lowest BCUT2D eigenvalue weighted by Crippen LogP contribution is -2.40. The van der Waals surface area contributed by atoms with Gasteiger partial charge in [0.05, 0.1) is 42.2 Å². The average Bonchev–Trinajstić information content (AvgIpc) is 2.96. The molecule has 2 N–H and O–H groups in total.